The standard InChI is InChI=1S/C8H7N3O4/c1-15-8(14)4-3-9-11-6(13)2-5(12)10-7(4)11/h2-3,13H,1H3,(H,10,12). The fourth-order valence-electron chi connectivity index (χ4n) is 1.23. The summed E-state index contributed by atoms with van der Waals surface area (Å²) in [7, 11) is 1.22. The third-order valence-corrected chi connectivity index (χ3v) is 1.89. The number of H-pyrrole nitrogens is 1. The van der Waals surface area contributed by atoms with E-state index in [2.05, 4.69) is 14.8 Å². The van der Waals surface area contributed by atoms with Gasteiger partial charge in [-0.05, 0) is 0 Å². The van der Waals surface area contributed by atoms with E-state index < -0.39 is 11.5 Å². The van der Waals surface area contributed by atoms with Crippen LogP contribution in [0.3, 0.4) is 0 Å². The largest absolute Gasteiger partial charge is 0.493 e. The van der Waals surface area contributed by atoms with Gasteiger partial charge < -0.3 is 14.8 Å². The van der Waals surface area contributed by atoms with Crippen LogP contribution in [0.5, 0.6) is 5.88 Å². The Morgan fingerprint density at radius 3 is 3.07 bits per heavy atom. The minimum Gasteiger partial charge on any atom is -0.493 e. The summed E-state index contributed by atoms with van der Waals surface area (Å²) in [6.07, 6.45) is 1.21. The van der Waals surface area contributed by atoms with Crippen molar-refractivity contribution >= 4 is 11.6 Å². The Bertz CT molecular complexity index is 583. The number of hydrogen-bond donors (Lipinski definition) is 2. The lowest BCUT2D eigenvalue weighted by atomic mass is 10.3. The van der Waals surface area contributed by atoms with E-state index >= 15 is 0 Å². The second-order valence-electron chi connectivity index (χ2n) is 2.80. The molecule has 15 heavy (non-hydrogen) atoms. The highest BCUT2D eigenvalue weighted by atomic mass is 16.5. The summed E-state index contributed by atoms with van der Waals surface area (Å²) in [5.41, 5.74) is -0.331. The molecule has 7 heteroatoms. The second kappa shape index (κ2) is 3.12. The molecule has 0 bridgehead atoms. The van der Waals surface area contributed by atoms with Gasteiger partial charge in [0.05, 0.1) is 19.4 Å². The maximum absolute atomic E-state index is 11.2. The smallest absolute Gasteiger partial charge is 0.343 e. The zero-order chi connectivity index (χ0) is 11.0. The van der Waals surface area contributed by atoms with Crippen LogP contribution in [0.4, 0.5) is 0 Å². The Morgan fingerprint density at radius 1 is 1.67 bits per heavy atom. The molecule has 0 spiro atoms. The SMILES string of the molecule is COC(=O)c1cnn2c(O)cc(=O)[nH]c12. The molecule has 0 radical (unpaired) electrons. The number of esters is 1. The highest BCUT2D eigenvalue weighted by molar-refractivity contribution is 5.95. The number of aromatic hydroxyl groups is 1. The van der Waals surface area contributed by atoms with E-state index in [0.717, 1.165) is 10.6 Å². The van der Waals surface area contributed by atoms with E-state index in [4.69, 9.17) is 0 Å². The number of hydrogen-bond acceptors (Lipinski definition) is 5. The van der Waals surface area contributed by atoms with E-state index in [1.165, 1.54) is 13.3 Å². The number of carbonyl (C=O) groups is 1. The van der Waals surface area contributed by atoms with Gasteiger partial charge in [0.15, 0.2) is 5.65 Å². The van der Waals surface area contributed by atoms with Crippen LogP contribution in [0.2, 0.25) is 0 Å². The highest BCUT2D eigenvalue weighted by Gasteiger charge is 2.15. The van der Waals surface area contributed by atoms with Crippen molar-refractivity contribution in [3.05, 3.63) is 28.2 Å². The zero-order valence-electron chi connectivity index (χ0n) is 7.72. The molecule has 2 rings (SSSR count). The van der Waals surface area contributed by atoms with Crippen molar-refractivity contribution in [1.29, 1.82) is 0 Å². The summed E-state index contributed by atoms with van der Waals surface area (Å²) in [5.74, 6) is -0.977. The topological polar surface area (TPSA) is 96.7 Å². The molecule has 0 aromatic carbocycles. The number of fused-ring (bicyclic) bond motifs is 1. The van der Waals surface area contributed by atoms with E-state index in [9.17, 15) is 14.7 Å². The van der Waals surface area contributed by atoms with Gasteiger partial charge in [0.2, 0.25) is 5.88 Å². The number of ether oxygens (including phenoxy) is 1. The van der Waals surface area contributed by atoms with Crippen molar-refractivity contribution in [2.45, 2.75) is 0 Å². The van der Waals surface area contributed by atoms with Gasteiger partial charge in [-0.25, -0.2) is 4.79 Å². The Balaban J connectivity index is 2.80. The first-order valence-electron chi connectivity index (χ1n) is 4.02. The van der Waals surface area contributed by atoms with Crippen LogP contribution in [0, 0.1) is 0 Å². The Morgan fingerprint density at radius 2 is 2.40 bits per heavy atom. The number of aromatic nitrogens is 3. The number of aromatic amines is 1. The highest BCUT2D eigenvalue weighted by Crippen LogP contribution is 2.12. The van der Waals surface area contributed by atoms with Crippen molar-refractivity contribution in [3.8, 4) is 5.88 Å². The summed E-state index contributed by atoms with van der Waals surface area (Å²) < 4.78 is 5.52. The minimum atomic E-state index is -0.633. The molecule has 2 N–H and O–H groups in total. The molecular weight excluding hydrogens is 202 g/mol. The van der Waals surface area contributed by atoms with Gasteiger partial charge in [0.25, 0.3) is 5.56 Å². The lowest BCUT2D eigenvalue weighted by Gasteiger charge is -1.98. The number of carbonyl (C=O) groups excluding carboxylic acids is 1. The van der Waals surface area contributed by atoms with E-state index in [-0.39, 0.29) is 17.1 Å². The number of nitrogens with one attached hydrogen (secondary N) is 1. The van der Waals surface area contributed by atoms with E-state index in [1.54, 1.807) is 0 Å². The lowest BCUT2D eigenvalue weighted by Crippen LogP contribution is -2.09. The van der Waals surface area contributed by atoms with Crippen molar-refractivity contribution in [1.82, 2.24) is 14.6 Å². The van der Waals surface area contributed by atoms with Crippen molar-refractivity contribution < 1.29 is 14.6 Å². The van der Waals surface area contributed by atoms with Crippen LogP contribution in [0.15, 0.2) is 17.1 Å². The number of rotatable bonds is 1. The Hall–Kier alpha value is -2.31. The van der Waals surface area contributed by atoms with Gasteiger partial charge in [-0.1, -0.05) is 0 Å². The third-order valence-electron chi connectivity index (χ3n) is 1.89. The molecule has 0 atom stereocenters. The van der Waals surface area contributed by atoms with Crippen molar-refractivity contribution in [2.24, 2.45) is 0 Å². The zero-order valence-corrected chi connectivity index (χ0v) is 7.72. The molecule has 0 aliphatic carbocycles. The number of methoxy groups -OCH3 is 1. The molecule has 0 fully saturated rings. The molecule has 0 saturated carbocycles. The molecule has 7 nitrogen and oxygen atoms in total. The molecule has 0 aliphatic rings. The molecule has 2 aromatic heterocycles. The predicted molar refractivity (Wildman–Crippen MR) is 48.8 cm³/mol. The van der Waals surface area contributed by atoms with Gasteiger partial charge in [-0.15, -0.1) is 0 Å². The normalized spacial score (nSPS) is 10.5. The summed E-state index contributed by atoms with van der Waals surface area (Å²) in [6, 6.07) is 0.959. The summed E-state index contributed by atoms with van der Waals surface area (Å²) in [4.78, 5) is 24.7. The number of nitrogens with zero attached hydrogens (tertiary/aromatic N) is 2. The minimum absolute atomic E-state index is 0.0884. The van der Waals surface area contributed by atoms with Crippen LogP contribution in [-0.2, 0) is 4.74 Å². The average molecular weight is 209 g/mol. The monoisotopic (exact) mass is 209 g/mol. The predicted octanol–water partition coefficient (Wildman–Crippen LogP) is -0.485. The van der Waals surface area contributed by atoms with Crippen LogP contribution < -0.4 is 5.56 Å². The molecule has 78 valence electrons. The van der Waals surface area contributed by atoms with Crippen LogP contribution in [0.1, 0.15) is 10.4 Å². The first kappa shape index (κ1) is 9.25. The van der Waals surface area contributed by atoms with Gasteiger partial charge in [0, 0.05) is 0 Å². The maximum atomic E-state index is 11.2. The van der Waals surface area contributed by atoms with Gasteiger partial charge in [-0.2, -0.15) is 9.61 Å². The molecule has 0 saturated heterocycles. The third kappa shape index (κ3) is 1.33. The van der Waals surface area contributed by atoms with Crippen LogP contribution in [-0.4, -0.2) is 32.8 Å². The summed E-state index contributed by atoms with van der Waals surface area (Å²) >= 11 is 0. The first-order chi connectivity index (χ1) is 7.13. The van der Waals surface area contributed by atoms with Crippen LogP contribution >= 0.6 is 0 Å². The van der Waals surface area contributed by atoms with Crippen LogP contribution in [0.25, 0.3) is 5.65 Å². The van der Waals surface area contributed by atoms with Gasteiger partial charge >= 0.3 is 5.97 Å². The Labute approximate surface area is 82.9 Å². The molecule has 0 aliphatic heterocycles. The van der Waals surface area contributed by atoms with Crippen molar-refractivity contribution in [3.63, 3.8) is 0 Å². The quantitative estimate of drug-likeness (QED) is 0.618. The fraction of sp³-hybridized carbons (Fsp3) is 0.125. The molecule has 0 unspecified atom stereocenters. The average Bonchev–Trinajstić information content (AvgIpc) is 2.60. The Kier molecular flexibility index (Phi) is 1.93. The summed E-state index contributed by atoms with van der Waals surface area (Å²) in [5, 5.41) is 13.1. The van der Waals surface area contributed by atoms with Gasteiger partial charge in [-0.3, -0.25) is 4.79 Å². The molecule has 2 aromatic rings. The first-order valence-corrected chi connectivity index (χ1v) is 4.02. The summed E-state index contributed by atoms with van der Waals surface area (Å²) in [6.45, 7) is 0. The lowest BCUT2D eigenvalue weighted by molar-refractivity contribution is 0.0602. The van der Waals surface area contributed by atoms with Gasteiger partial charge in [0.1, 0.15) is 5.56 Å². The maximum Gasteiger partial charge on any atom is 0.343 e. The van der Waals surface area contributed by atoms with E-state index in [1.807, 2.05) is 0 Å². The molecule has 2 heterocycles. The molecule has 0 amide bonds. The van der Waals surface area contributed by atoms with E-state index in [0.29, 0.717) is 0 Å². The second-order valence-corrected chi connectivity index (χ2v) is 2.80. The fourth-order valence-corrected chi connectivity index (χ4v) is 1.23. The molecular formula is C8H7N3O4. The van der Waals surface area contributed by atoms with Crippen molar-refractivity contribution in [2.75, 3.05) is 7.11 Å².